The smallest absolute Gasteiger partial charge is 0.241 e. The van der Waals surface area contributed by atoms with Gasteiger partial charge in [0.25, 0.3) is 0 Å². The summed E-state index contributed by atoms with van der Waals surface area (Å²) in [6.45, 7) is 3.59. The van der Waals surface area contributed by atoms with Crippen molar-refractivity contribution in [3.05, 3.63) is 23.3 Å². The van der Waals surface area contributed by atoms with Gasteiger partial charge in [-0.2, -0.15) is 0 Å². The Morgan fingerprint density at radius 1 is 1.33 bits per heavy atom. The van der Waals surface area contributed by atoms with E-state index in [9.17, 15) is 13.5 Å². The minimum absolute atomic E-state index is 0.175. The molecule has 5 nitrogen and oxygen atoms in total. The number of aryl methyl sites for hydroxylation is 1. The van der Waals surface area contributed by atoms with Crippen molar-refractivity contribution in [2.24, 2.45) is 0 Å². The van der Waals surface area contributed by atoms with Gasteiger partial charge in [-0.25, -0.2) is 13.1 Å². The van der Waals surface area contributed by atoms with Crippen LogP contribution in [0, 0.1) is 13.8 Å². The van der Waals surface area contributed by atoms with E-state index in [4.69, 9.17) is 5.73 Å². The molecule has 18 heavy (non-hydrogen) atoms. The second-order valence-electron chi connectivity index (χ2n) is 4.90. The van der Waals surface area contributed by atoms with E-state index in [1.807, 2.05) is 6.92 Å². The maximum absolute atomic E-state index is 12.2. The number of anilines is 1. The Balaban J connectivity index is 2.29. The van der Waals surface area contributed by atoms with Crippen LogP contribution in [0.15, 0.2) is 17.0 Å². The standard InChI is InChI=1S/C12H18N2O3S/c1-7-3-9(13)4-12(8(7)2)18(16,17)14-10-5-11(15)6-10/h3-4,10-11,14-15H,5-6,13H2,1-2H3. The maximum atomic E-state index is 12.2. The molecule has 0 radical (unpaired) electrons. The van der Waals surface area contributed by atoms with Crippen LogP contribution in [0.4, 0.5) is 5.69 Å². The molecule has 1 fully saturated rings. The van der Waals surface area contributed by atoms with E-state index in [1.54, 1.807) is 13.0 Å². The normalized spacial score (nSPS) is 23.7. The van der Waals surface area contributed by atoms with Gasteiger partial charge in [0.05, 0.1) is 11.0 Å². The summed E-state index contributed by atoms with van der Waals surface area (Å²) in [5.74, 6) is 0. The summed E-state index contributed by atoms with van der Waals surface area (Å²) in [5, 5.41) is 9.17. The molecular weight excluding hydrogens is 252 g/mol. The van der Waals surface area contributed by atoms with Crippen molar-refractivity contribution in [3.8, 4) is 0 Å². The number of nitrogens with one attached hydrogen (secondary N) is 1. The summed E-state index contributed by atoms with van der Waals surface area (Å²) in [4.78, 5) is 0.224. The molecule has 1 aliphatic carbocycles. The zero-order chi connectivity index (χ0) is 13.5. The second-order valence-corrected chi connectivity index (χ2v) is 6.59. The number of rotatable bonds is 3. The third-order valence-electron chi connectivity index (χ3n) is 3.37. The lowest BCUT2D eigenvalue weighted by molar-refractivity contribution is 0.0712. The van der Waals surface area contributed by atoms with Crippen LogP contribution in [-0.2, 0) is 10.0 Å². The Kier molecular flexibility index (Phi) is 3.35. The molecule has 0 amide bonds. The van der Waals surface area contributed by atoms with Gasteiger partial charge in [0, 0.05) is 11.7 Å². The molecule has 0 bridgehead atoms. The molecule has 0 aliphatic heterocycles. The topological polar surface area (TPSA) is 92.4 Å². The van der Waals surface area contributed by atoms with Gasteiger partial charge in [0.15, 0.2) is 0 Å². The third kappa shape index (κ3) is 2.50. The number of hydrogen-bond acceptors (Lipinski definition) is 4. The van der Waals surface area contributed by atoms with Crippen molar-refractivity contribution in [2.75, 3.05) is 5.73 Å². The highest BCUT2D eigenvalue weighted by Gasteiger charge is 2.32. The summed E-state index contributed by atoms with van der Waals surface area (Å²) in [6.07, 6.45) is 0.556. The summed E-state index contributed by atoms with van der Waals surface area (Å²) in [6, 6.07) is 3.05. The average molecular weight is 270 g/mol. The molecule has 0 atom stereocenters. The van der Waals surface area contributed by atoms with E-state index >= 15 is 0 Å². The molecule has 0 unspecified atom stereocenters. The third-order valence-corrected chi connectivity index (χ3v) is 5.01. The molecule has 4 N–H and O–H groups in total. The average Bonchev–Trinajstić information content (AvgIpc) is 2.20. The van der Waals surface area contributed by atoms with Crippen LogP contribution >= 0.6 is 0 Å². The van der Waals surface area contributed by atoms with Crippen LogP contribution in [0.25, 0.3) is 0 Å². The van der Waals surface area contributed by atoms with Crippen LogP contribution in [0.5, 0.6) is 0 Å². The van der Waals surface area contributed by atoms with Crippen molar-refractivity contribution in [2.45, 2.75) is 43.7 Å². The van der Waals surface area contributed by atoms with Gasteiger partial charge in [-0.3, -0.25) is 0 Å². The van der Waals surface area contributed by atoms with E-state index in [1.165, 1.54) is 6.07 Å². The van der Waals surface area contributed by atoms with Crippen molar-refractivity contribution in [3.63, 3.8) is 0 Å². The summed E-state index contributed by atoms with van der Waals surface area (Å²) in [5.41, 5.74) is 7.69. The zero-order valence-electron chi connectivity index (χ0n) is 10.5. The summed E-state index contributed by atoms with van der Waals surface area (Å²) < 4.78 is 27.0. The molecular formula is C12H18N2O3S. The molecule has 0 spiro atoms. The molecule has 2 rings (SSSR count). The fraction of sp³-hybridized carbons (Fsp3) is 0.500. The molecule has 1 aliphatic rings. The number of nitrogens with two attached hydrogens (primary N) is 1. The first kappa shape index (κ1) is 13.3. The lowest BCUT2D eigenvalue weighted by Crippen LogP contribution is -2.46. The number of aliphatic hydroxyl groups is 1. The van der Waals surface area contributed by atoms with Gasteiger partial charge < -0.3 is 10.8 Å². The Morgan fingerprint density at radius 3 is 2.50 bits per heavy atom. The molecule has 0 aromatic heterocycles. The van der Waals surface area contributed by atoms with Crippen LogP contribution in [-0.4, -0.2) is 25.7 Å². The fourth-order valence-electron chi connectivity index (χ4n) is 2.10. The second kappa shape index (κ2) is 4.53. The van der Waals surface area contributed by atoms with Gasteiger partial charge in [-0.15, -0.1) is 0 Å². The van der Waals surface area contributed by atoms with Crippen molar-refractivity contribution >= 4 is 15.7 Å². The maximum Gasteiger partial charge on any atom is 0.241 e. The predicted octanol–water partition coefficient (Wildman–Crippen LogP) is 0.687. The fourth-order valence-corrected chi connectivity index (χ4v) is 3.71. The molecule has 1 aromatic carbocycles. The summed E-state index contributed by atoms with van der Waals surface area (Å²) in [7, 11) is -3.56. The van der Waals surface area contributed by atoms with Gasteiger partial charge in [0.2, 0.25) is 10.0 Å². The van der Waals surface area contributed by atoms with E-state index in [0.29, 0.717) is 24.1 Å². The van der Waals surface area contributed by atoms with Gasteiger partial charge >= 0.3 is 0 Å². The first-order valence-corrected chi connectivity index (χ1v) is 7.35. The molecule has 0 heterocycles. The monoisotopic (exact) mass is 270 g/mol. The first-order valence-electron chi connectivity index (χ1n) is 5.86. The Hall–Kier alpha value is -1.11. The first-order chi connectivity index (χ1) is 8.29. The van der Waals surface area contributed by atoms with Gasteiger partial charge in [-0.05, 0) is 49.9 Å². The lowest BCUT2D eigenvalue weighted by atomic mass is 9.91. The van der Waals surface area contributed by atoms with E-state index < -0.39 is 10.0 Å². The highest BCUT2D eigenvalue weighted by molar-refractivity contribution is 7.89. The lowest BCUT2D eigenvalue weighted by Gasteiger charge is -2.31. The molecule has 0 saturated heterocycles. The van der Waals surface area contributed by atoms with Gasteiger partial charge in [-0.1, -0.05) is 0 Å². The highest BCUT2D eigenvalue weighted by atomic mass is 32.2. The zero-order valence-corrected chi connectivity index (χ0v) is 11.3. The van der Waals surface area contributed by atoms with Crippen molar-refractivity contribution in [1.82, 2.24) is 4.72 Å². The minimum atomic E-state index is -3.56. The number of hydrogen-bond donors (Lipinski definition) is 3. The van der Waals surface area contributed by atoms with E-state index in [-0.39, 0.29) is 17.0 Å². The molecule has 100 valence electrons. The minimum Gasteiger partial charge on any atom is -0.399 e. The van der Waals surface area contributed by atoms with Crippen LogP contribution < -0.4 is 10.5 Å². The molecule has 1 aromatic rings. The Bertz CT molecular complexity index is 563. The van der Waals surface area contributed by atoms with Crippen LogP contribution in [0.2, 0.25) is 0 Å². The van der Waals surface area contributed by atoms with Crippen molar-refractivity contribution < 1.29 is 13.5 Å². The summed E-state index contributed by atoms with van der Waals surface area (Å²) >= 11 is 0. The molecule has 1 saturated carbocycles. The molecule has 6 heteroatoms. The largest absolute Gasteiger partial charge is 0.399 e. The van der Waals surface area contributed by atoms with E-state index in [0.717, 1.165) is 5.56 Å². The SMILES string of the molecule is Cc1cc(N)cc(S(=O)(=O)NC2CC(O)C2)c1C. The van der Waals surface area contributed by atoms with Crippen molar-refractivity contribution in [1.29, 1.82) is 0 Å². The Labute approximate surface area is 107 Å². The van der Waals surface area contributed by atoms with Crippen LogP contribution in [0.1, 0.15) is 24.0 Å². The van der Waals surface area contributed by atoms with Crippen LogP contribution in [0.3, 0.4) is 0 Å². The number of aliphatic hydroxyl groups excluding tert-OH is 1. The Morgan fingerprint density at radius 2 is 1.94 bits per heavy atom. The number of benzene rings is 1. The van der Waals surface area contributed by atoms with E-state index in [2.05, 4.69) is 4.72 Å². The number of nitrogen functional groups attached to an aromatic ring is 1. The quantitative estimate of drug-likeness (QED) is 0.704. The highest BCUT2D eigenvalue weighted by Crippen LogP contribution is 2.25. The predicted molar refractivity (Wildman–Crippen MR) is 69.7 cm³/mol. The number of sulfonamides is 1. The van der Waals surface area contributed by atoms with Gasteiger partial charge in [0.1, 0.15) is 0 Å².